The van der Waals surface area contributed by atoms with Gasteiger partial charge in [-0.15, -0.1) is 0 Å². The van der Waals surface area contributed by atoms with Crippen LogP contribution in [0.25, 0.3) is 0 Å². The molecule has 0 aliphatic heterocycles. The largest absolute Gasteiger partial charge is 0.104 e. The molecule has 0 heterocycles. The fraction of sp³-hybridized carbons (Fsp3) is 0.375. The number of hydrogen-bond acceptors (Lipinski definition) is 0. The SMILES string of the molecule is C=C/C(=C/[Si](C)(C)c1ccccc1)[C@H](C)CC. The maximum Gasteiger partial charge on any atom is 0.104 e. The van der Waals surface area contributed by atoms with E-state index in [0.29, 0.717) is 5.92 Å². The molecule has 0 saturated carbocycles. The van der Waals surface area contributed by atoms with Gasteiger partial charge >= 0.3 is 0 Å². The number of hydrogen-bond donors (Lipinski definition) is 0. The molecule has 0 nitrogen and oxygen atoms in total. The Bertz CT molecular complexity index is 387. The summed E-state index contributed by atoms with van der Waals surface area (Å²) in [5, 5.41) is 1.49. The first-order chi connectivity index (χ1) is 8.01. The lowest BCUT2D eigenvalue weighted by Crippen LogP contribution is -2.40. The quantitative estimate of drug-likeness (QED) is 0.535. The van der Waals surface area contributed by atoms with Crippen molar-refractivity contribution in [2.24, 2.45) is 5.92 Å². The monoisotopic (exact) mass is 244 g/mol. The Morgan fingerprint density at radius 3 is 2.35 bits per heavy atom. The molecule has 1 aromatic rings. The molecule has 0 aliphatic rings. The number of allylic oxidation sites excluding steroid dienone is 2. The third-order valence-electron chi connectivity index (χ3n) is 3.46. The van der Waals surface area contributed by atoms with E-state index >= 15 is 0 Å². The van der Waals surface area contributed by atoms with Crippen LogP contribution in [-0.4, -0.2) is 8.07 Å². The van der Waals surface area contributed by atoms with Crippen LogP contribution < -0.4 is 5.19 Å². The second kappa shape index (κ2) is 6.01. The molecule has 17 heavy (non-hydrogen) atoms. The van der Waals surface area contributed by atoms with Gasteiger partial charge in [-0.1, -0.05) is 86.4 Å². The summed E-state index contributed by atoms with van der Waals surface area (Å²) in [7, 11) is -1.48. The van der Waals surface area contributed by atoms with Crippen LogP contribution in [0.2, 0.25) is 13.1 Å². The maximum absolute atomic E-state index is 3.96. The Morgan fingerprint density at radius 2 is 1.88 bits per heavy atom. The molecular weight excluding hydrogens is 220 g/mol. The first-order valence-electron chi connectivity index (χ1n) is 6.42. The first kappa shape index (κ1) is 14.0. The summed E-state index contributed by atoms with van der Waals surface area (Å²) in [6.45, 7) is 13.3. The molecule has 1 atom stereocenters. The van der Waals surface area contributed by atoms with E-state index in [4.69, 9.17) is 0 Å². The highest BCUT2D eigenvalue weighted by Gasteiger charge is 2.21. The van der Waals surface area contributed by atoms with Crippen LogP contribution in [0.15, 0.2) is 54.3 Å². The standard InChI is InChI=1S/C16H24Si/c1-6-14(3)15(7-2)13-17(4,5)16-11-9-8-10-12-16/h7-14H,2,6H2,1,3-5H3/b15-13-/t14-/m1/s1. The van der Waals surface area contributed by atoms with Crippen molar-refractivity contribution in [3.05, 3.63) is 54.3 Å². The fourth-order valence-corrected chi connectivity index (χ4v) is 4.46. The summed E-state index contributed by atoms with van der Waals surface area (Å²) in [5.74, 6) is 0.614. The second-order valence-electron chi connectivity index (χ2n) is 5.25. The summed E-state index contributed by atoms with van der Waals surface area (Å²) >= 11 is 0. The minimum atomic E-state index is -1.48. The van der Waals surface area contributed by atoms with Gasteiger partial charge < -0.3 is 0 Å². The Balaban J connectivity index is 3.06. The molecular formula is C16H24Si. The lowest BCUT2D eigenvalue weighted by molar-refractivity contribution is 0.671. The molecule has 92 valence electrons. The molecule has 0 spiro atoms. The summed E-state index contributed by atoms with van der Waals surface area (Å²) in [6.07, 6.45) is 3.21. The molecule has 0 aliphatic carbocycles. The van der Waals surface area contributed by atoms with E-state index in [0.717, 1.165) is 0 Å². The van der Waals surface area contributed by atoms with Crippen LogP contribution in [0.1, 0.15) is 20.3 Å². The highest BCUT2D eigenvalue weighted by molar-refractivity contribution is 6.94. The summed E-state index contributed by atoms with van der Waals surface area (Å²) in [4.78, 5) is 0. The van der Waals surface area contributed by atoms with Crippen molar-refractivity contribution in [2.45, 2.75) is 33.4 Å². The van der Waals surface area contributed by atoms with Gasteiger partial charge in [0, 0.05) is 0 Å². The molecule has 0 aromatic heterocycles. The lowest BCUT2D eigenvalue weighted by Gasteiger charge is -2.22. The van der Waals surface area contributed by atoms with Gasteiger partial charge in [-0.3, -0.25) is 0 Å². The van der Waals surface area contributed by atoms with E-state index in [9.17, 15) is 0 Å². The molecule has 0 bridgehead atoms. The van der Waals surface area contributed by atoms with Crippen LogP contribution in [0, 0.1) is 5.92 Å². The van der Waals surface area contributed by atoms with Crippen LogP contribution in [-0.2, 0) is 0 Å². The van der Waals surface area contributed by atoms with Crippen molar-refractivity contribution in [2.75, 3.05) is 0 Å². The smallest absolute Gasteiger partial charge is 0.0988 e. The predicted molar refractivity (Wildman–Crippen MR) is 81.3 cm³/mol. The van der Waals surface area contributed by atoms with Gasteiger partial charge in [0.25, 0.3) is 0 Å². The van der Waals surface area contributed by atoms with E-state index in [1.165, 1.54) is 17.2 Å². The Kier molecular flexibility index (Phi) is 4.95. The average molecular weight is 244 g/mol. The predicted octanol–water partition coefficient (Wildman–Crippen LogP) is 4.30. The topological polar surface area (TPSA) is 0 Å². The summed E-state index contributed by atoms with van der Waals surface area (Å²) in [6, 6.07) is 10.9. The zero-order chi connectivity index (χ0) is 12.9. The Morgan fingerprint density at radius 1 is 1.29 bits per heavy atom. The van der Waals surface area contributed by atoms with Crippen molar-refractivity contribution in [3.8, 4) is 0 Å². The van der Waals surface area contributed by atoms with Crippen molar-refractivity contribution >= 4 is 13.3 Å². The first-order valence-corrected chi connectivity index (χ1v) is 9.49. The molecule has 0 radical (unpaired) electrons. The molecule has 0 saturated heterocycles. The van der Waals surface area contributed by atoms with E-state index in [2.05, 4.69) is 69.6 Å². The third-order valence-corrected chi connectivity index (χ3v) is 6.34. The highest BCUT2D eigenvalue weighted by atomic mass is 28.3. The molecule has 1 aromatic carbocycles. The Labute approximate surface area is 107 Å². The summed E-state index contributed by atoms with van der Waals surface area (Å²) < 4.78 is 0. The van der Waals surface area contributed by atoms with Gasteiger partial charge in [-0.05, 0) is 12.3 Å². The average Bonchev–Trinajstić information content (AvgIpc) is 2.36. The van der Waals surface area contributed by atoms with E-state index in [1.807, 2.05) is 6.08 Å². The van der Waals surface area contributed by atoms with Gasteiger partial charge in [0.15, 0.2) is 0 Å². The molecule has 0 fully saturated rings. The number of benzene rings is 1. The van der Waals surface area contributed by atoms with Crippen LogP contribution >= 0.6 is 0 Å². The molecule has 0 amide bonds. The molecule has 0 N–H and O–H groups in total. The normalized spacial score (nSPS) is 14.5. The molecule has 1 rings (SSSR count). The van der Waals surface area contributed by atoms with Crippen LogP contribution in [0.3, 0.4) is 0 Å². The van der Waals surface area contributed by atoms with Gasteiger partial charge in [-0.25, -0.2) is 0 Å². The minimum Gasteiger partial charge on any atom is -0.0988 e. The van der Waals surface area contributed by atoms with Crippen molar-refractivity contribution in [1.29, 1.82) is 0 Å². The summed E-state index contributed by atoms with van der Waals surface area (Å²) in [5.41, 5.74) is 3.90. The lowest BCUT2D eigenvalue weighted by atomic mass is 10.0. The van der Waals surface area contributed by atoms with Crippen LogP contribution in [0.4, 0.5) is 0 Å². The van der Waals surface area contributed by atoms with Gasteiger partial charge in [0.2, 0.25) is 0 Å². The zero-order valence-corrected chi connectivity index (χ0v) is 12.5. The second-order valence-corrected chi connectivity index (χ2v) is 9.55. The Hall–Kier alpha value is -1.08. The van der Waals surface area contributed by atoms with E-state index < -0.39 is 8.07 Å². The van der Waals surface area contributed by atoms with Gasteiger partial charge in [-0.2, -0.15) is 0 Å². The zero-order valence-electron chi connectivity index (χ0n) is 11.5. The maximum atomic E-state index is 3.96. The minimum absolute atomic E-state index is 0.614. The van der Waals surface area contributed by atoms with Gasteiger partial charge in [0.1, 0.15) is 8.07 Å². The third kappa shape index (κ3) is 3.71. The molecule has 1 heteroatoms. The fourth-order valence-electron chi connectivity index (χ4n) is 2.01. The van der Waals surface area contributed by atoms with Crippen molar-refractivity contribution < 1.29 is 0 Å². The van der Waals surface area contributed by atoms with Crippen molar-refractivity contribution in [3.63, 3.8) is 0 Å². The van der Waals surface area contributed by atoms with Crippen molar-refractivity contribution in [1.82, 2.24) is 0 Å². The molecule has 0 unspecified atom stereocenters. The van der Waals surface area contributed by atoms with Crippen LogP contribution in [0.5, 0.6) is 0 Å². The van der Waals surface area contributed by atoms with E-state index in [-0.39, 0.29) is 0 Å². The highest BCUT2D eigenvalue weighted by Crippen LogP contribution is 2.19. The van der Waals surface area contributed by atoms with E-state index in [1.54, 1.807) is 0 Å². The number of rotatable bonds is 5. The van der Waals surface area contributed by atoms with Gasteiger partial charge in [0.05, 0.1) is 0 Å².